The third kappa shape index (κ3) is 2.72. The van der Waals surface area contributed by atoms with Crippen molar-refractivity contribution in [3.8, 4) is 0 Å². The van der Waals surface area contributed by atoms with Gasteiger partial charge < -0.3 is 5.11 Å². The molecule has 0 fully saturated rings. The van der Waals surface area contributed by atoms with Crippen LogP contribution in [-0.2, 0) is 11.2 Å². The summed E-state index contributed by atoms with van der Waals surface area (Å²) < 4.78 is 36.8. The molecule has 1 rings (SSSR count). The van der Waals surface area contributed by atoms with Gasteiger partial charge in [0, 0.05) is 6.07 Å². The van der Waals surface area contributed by atoms with Crippen LogP contribution in [0.25, 0.3) is 0 Å². The summed E-state index contributed by atoms with van der Waals surface area (Å²) in [6.07, 6.45) is -3.48. The zero-order chi connectivity index (χ0) is 10.7. The Hall–Kier alpha value is -1.59. The lowest BCUT2D eigenvalue weighted by molar-refractivity contribution is -0.136. The van der Waals surface area contributed by atoms with Crippen LogP contribution < -0.4 is 0 Å². The van der Waals surface area contributed by atoms with E-state index < -0.39 is 30.3 Å². The first-order valence-electron chi connectivity index (χ1n) is 3.65. The van der Waals surface area contributed by atoms with Gasteiger partial charge in [0.1, 0.15) is 11.5 Å². The second-order valence-electron chi connectivity index (χ2n) is 2.57. The van der Waals surface area contributed by atoms with Gasteiger partial charge in [-0.3, -0.25) is 9.78 Å². The minimum Gasteiger partial charge on any atom is -0.481 e. The number of carbonyl (C=O) groups is 1. The van der Waals surface area contributed by atoms with Crippen LogP contribution in [0.4, 0.5) is 13.2 Å². The van der Waals surface area contributed by atoms with Crippen molar-refractivity contribution < 1.29 is 23.1 Å². The normalized spacial score (nSPS) is 10.6. The largest absolute Gasteiger partial charge is 0.481 e. The van der Waals surface area contributed by atoms with E-state index in [2.05, 4.69) is 4.98 Å². The molecule has 0 unspecified atom stereocenters. The fourth-order valence-corrected chi connectivity index (χ4v) is 0.930. The highest BCUT2D eigenvalue weighted by molar-refractivity contribution is 5.69. The van der Waals surface area contributed by atoms with Crippen molar-refractivity contribution in [2.75, 3.05) is 0 Å². The van der Waals surface area contributed by atoms with Gasteiger partial charge in [-0.2, -0.15) is 0 Å². The van der Waals surface area contributed by atoms with Crippen LogP contribution in [0.1, 0.15) is 17.8 Å². The smallest absolute Gasteiger partial charge is 0.309 e. The number of rotatable bonds is 3. The van der Waals surface area contributed by atoms with Crippen LogP contribution in [0.15, 0.2) is 12.1 Å². The summed E-state index contributed by atoms with van der Waals surface area (Å²) in [7, 11) is 0. The molecule has 0 bridgehead atoms. The SMILES string of the molecule is O=C(O)Cc1cc(F)cc(C(F)F)n1. The maximum atomic E-state index is 12.7. The molecule has 1 aromatic rings. The van der Waals surface area contributed by atoms with Crippen LogP contribution in [-0.4, -0.2) is 16.1 Å². The second kappa shape index (κ2) is 4.08. The molecule has 0 spiro atoms. The number of hydrogen-bond donors (Lipinski definition) is 1. The Kier molecular flexibility index (Phi) is 3.06. The number of halogens is 3. The van der Waals surface area contributed by atoms with Crippen LogP contribution in [0.2, 0.25) is 0 Å². The number of carboxylic acid groups (broad SMARTS) is 1. The summed E-state index contributed by atoms with van der Waals surface area (Å²) in [5.74, 6) is -2.16. The highest BCUT2D eigenvalue weighted by Crippen LogP contribution is 2.17. The molecule has 0 atom stereocenters. The number of aromatic nitrogens is 1. The molecule has 0 radical (unpaired) electrons. The molecule has 0 saturated carbocycles. The number of hydrogen-bond acceptors (Lipinski definition) is 2. The first-order valence-corrected chi connectivity index (χ1v) is 3.65. The maximum absolute atomic E-state index is 12.7. The molecule has 1 heterocycles. The summed E-state index contributed by atoms with van der Waals surface area (Å²) >= 11 is 0. The zero-order valence-corrected chi connectivity index (χ0v) is 6.88. The van der Waals surface area contributed by atoms with Crippen LogP contribution >= 0.6 is 0 Å². The lowest BCUT2D eigenvalue weighted by Crippen LogP contribution is -2.05. The molecule has 14 heavy (non-hydrogen) atoms. The summed E-state index contributed by atoms with van der Waals surface area (Å²) in [4.78, 5) is 13.5. The van der Waals surface area contributed by atoms with E-state index in [-0.39, 0.29) is 5.69 Å². The molecular weight excluding hydrogens is 199 g/mol. The maximum Gasteiger partial charge on any atom is 0.309 e. The molecule has 0 aliphatic heterocycles. The van der Waals surface area contributed by atoms with E-state index in [1.807, 2.05) is 0 Å². The molecule has 0 amide bonds. The first kappa shape index (κ1) is 10.5. The van der Waals surface area contributed by atoms with E-state index in [4.69, 9.17) is 5.11 Å². The molecule has 0 aliphatic carbocycles. The van der Waals surface area contributed by atoms with Gasteiger partial charge in [-0.1, -0.05) is 0 Å². The first-order chi connectivity index (χ1) is 6.49. The Labute approximate surface area is 77.2 Å². The summed E-state index contributed by atoms with van der Waals surface area (Å²) in [5, 5.41) is 8.34. The van der Waals surface area contributed by atoms with Crippen LogP contribution in [0, 0.1) is 5.82 Å². The second-order valence-corrected chi connectivity index (χ2v) is 2.57. The van der Waals surface area contributed by atoms with Crippen molar-refractivity contribution >= 4 is 5.97 Å². The Morgan fingerprint density at radius 3 is 2.64 bits per heavy atom. The Bertz CT molecular complexity index is 354. The number of pyridine rings is 1. The molecule has 0 saturated heterocycles. The van der Waals surface area contributed by atoms with Gasteiger partial charge in [0.15, 0.2) is 0 Å². The van der Waals surface area contributed by atoms with Gasteiger partial charge in [-0.25, -0.2) is 13.2 Å². The van der Waals surface area contributed by atoms with Gasteiger partial charge >= 0.3 is 5.97 Å². The van der Waals surface area contributed by atoms with E-state index >= 15 is 0 Å². The summed E-state index contributed by atoms with van der Waals surface area (Å²) in [6.45, 7) is 0. The fraction of sp³-hybridized carbons (Fsp3) is 0.250. The Morgan fingerprint density at radius 2 is 2.14 bits per heavy atom. The molecule has 1 aromatic heterocycles. The third-order valence-electron chi connectivity index (χ3n) is 1.42. The summed E-state index contributed by atoms with van der Waals surface area (Å²) in [5.41, 5.74) is -0.964. The van der Waals surface area contributed by atoms with Gasteiger partial charge in [-0.15, -0.1) is 0 Å². The van der Waals surface area contributed by atoms with E-state index in [0.717, 1.165) is 6.07 Å². The van der Waals surface area contributed by atoms with Gasteiger partial charge in [0.05, 0.1) is 12.1 Å². The average Bonchev–Trinajstić information content (AvgIpc) is 2.01. The quantitative estimate of drug-likeness (QED) is 0.818. The van der Waals surface area contributed by atoms with E-state index in [9.17, 15) is 18.0 Å². The van der Waals surface area contributed by atoms with Gasteiger partial charge in [0.25, 0.3) is 6.43 Å². The Balaban J connectivity index is 3.01. The van der Waals surface area contributed by atoms with E-state index in [1.165, 1.54) is 0 Å². The molecule has 0 aromatic carbocycles. The van der Waals surface area contributed by atoms with Gasteiger partial charge in [0.2, 0.25) is 0 Å². The van der Waals surface area contributed by atoms with Crippen LogP contribution in [0.3, 0.4) is 0 Å². The fourth-order valence-electron chi connectivity index (χ4n) is 0.930. The van der Waals surface area contributed by atoms with Crippen LogP contribution in [0.5, 0.6) is 0 Å². The number of carboxylic acids is 1. The molecule has 76 valence electrons. The molecule has 0 aliphatic rings. The molecular formula is C8H6F3NO2. The molecule has 3 nitrogen and oxygen atoms in total. The predicted octanol–water partition coefficient (Wildman–Crippen LogP) is 1.79. The van der Waals surface area contributed by atoms with Crippen molar-refractivity contribution in [3.05, 3.63) is 29.3 Å². The lowest BCUT2D eigenvalue weighted by atomic mass is 10.2. The highest BCUT2D eigenvalue weighted by Gasteiger charge is 2.13. The minimum atomic E-state index is -2.90. The average molecular weight is 205 g/mol. The number of aliphatic carboxylic acids is 1. The van der Waals surface area contributed by atoms with Crippen molar-refractivity contribution in [1.29, 1.82) is 0 Å². The number of alkyl halides is 2. The highest BCUT2D eigenvalue weighted by atomic mass is 19.3. The van der Waals surface area contributed by atoms with Crippen molar-refractivity contribution in [2.45, 2.75) is 12.8 Å². The zero-order valence-electron chi connectivity index (χ0n) is 6.88. The standard InChI is InChI=1S/C8H6F3NO2/c9-4-1-5(3-7(13)14)12-6(2-4)8(10)11/h1-2,8H,3H2,(H,13,14). The van der Waals surface area contributed by atoms with Gasteiger partial charge in [-0.05, 0) is 6.07 Å². The van der Waals surface area contributed by atoms with Crippen molar-refractivity contribution in [3.63, 3.8) is 0 Å². The topological polar surface area (TPSA) is 50.2 Å². The molecule has 6 heteroatoms. The monoisotopic (exact) mass is 205 g/mol. The Morgan fingerprint density at radius 1 is 1.50 bits per heavy atom. The molecule has 1 N–H and O–H groups in total. The van der Waals surface area contributed by atoms with Crippen molar-refractivity contribution in [1.82, 2.24) is 4.98 Å². The summed E-state index contributed by atoms with van der Waals surface area (Å²) in [6, 6.07) is 1.40. The number of nitrogens with zero attached hydrogens (tertiary/aromatic N) is 1. The van der Waals surface area contributed by atoms with E-state index in [0.29, 0.717) is 6.07 Å². The predicted molar refractivity (Wildman–Crippen MR) is 40.5 cm³/mol. The lowest BCUT2D eigenvalue weighted by Gasteiger charge is -2.02. The minimum absolute atomic E-state index is 0.215. The van der Waals surface area contributed by atoms with E-state index in [1.54, 1.807) is 0 Å². The van der Waals surface area contributed by atoms with Crippen molar-refractivity contribution in [2.24, 2.45) is 0 Å². The third-order valence-corrected chi connectivity index (χ3v) is 1.42.